The smallest absolute Gasteiger partial charge is 0.327 e. The van der Waals surface area contributed by atoms with Crippen molar-refractivity contribution < 1.29 is 14.7 Å². The number of thioether (sulfide) groups is 1. The van der Waals surface area contributed by atoms with Crippen LogP contribution in [0.3, 0.4) is 0 Å². The third kappa shape index (κ3) is 2.80. The lowest BCUT2D eigenvalue weighted by atomic mass is 10.1. The van der Waals surface area contributed by atoms with Gasteiger partial charge in [0.05, 0.1) is 5.88 Å². The number of carboxylic acid groups (broad SMARTS) is 1. The Morgan fingerprint density at radius 3 is 2.71 bits per heavy atom. The monoisotopic (exact) mass is 302 g/mol. The number of anilines is 1. The minimum absolute atomic E-state index is 0.373. The molecule has 3 rings (SSSR count). The largest absolute Gasteiger partial charge is 0.480 e. The number of carbonyl (C=O) groups excluding carboxylic acids is 1. The Labute approximate surface area is 125 Å². The highest BCUT2D eigenvalue weighted by molar-refractivity contribution is 7.99. The van der Waals surface area contributed by atoms with Gasteiger partial charge in [0.2, 0.25) is 0 Å². The first-order valence-electron chi connectivity index (χ1n) is 6.52. The van der Waals surface area contributed by atoms with E-state index in [9.17, 15) is 9.59 Å². The molecule has 5 nitrogen and oxygen atoms in total. The molecule has 1 aliphatic heterocycles. The highest BCUT2D eigenvalue weighted by Gasteiger charge is 2.34. The fraction of sp³-hybridized carbons (Fsp3) is 0.200. The number of fused-ring (bicyclic) bond motifs is 1. The topological polar surface area (TPSA) is 69.6 Å². The summed E-state index contributed by atoms with van der Waals surface area (Å²) in [6, 6.07) is 12.4. The van der Waals surface area contributed by atoms with E-state index >= 15 is 0 Å². The average Bonchev–Trinajstić information content (AvgIpc) is 2.97. The van der Waals surface area contributed by atoms with Crippen LogP contribution in [0.2, 0.25) is 0 Å². The molecule has 1 atom stereocenters. The lowest BCUT2D eigenvalue weighted by Gasteiger charge is -2.21. The van der Waals surface area contributed by atoms with Crippen LogP contribution in [0.4, 0.5) is 10.5 Å². The molecule has 0 unspecified atom stereocenters. The zero-order chi connectivity index (χ0) is 14.8. The molecular formula is C15H14N2O3S. The standard InChI is InChI=1S/C15H14N2O3S/c18-14(19)13-8-21-9-17(13)15(20)16-12-6-5-10-3-1-2-4-11(10)7-12/h1-7,13H,8-9H2,(H,16,20)(H,18,19)/t13-/m0/s1. The van der Waals surface area contributed by atoms with Gasteiger partial charge >= 0.3 is 12.0 Å². The van der Waals surface area contributed by atoms with Gasteiger partial charge in [0.15, 0.2) is 0 Å². The quantitative estimate of drug-likeness (QED) is 0.895. The number of nitrogens with zero attached hydrogens (tertiary/aromatic N) is 1. The summed E-state index contributed by atoms with van der Waals surface area (Å²) in [6.07, 6.45) is 0. The molecule has 1 fully saturated rings. The number of nitrogens with one attached hydrogen (secondary N) is 1. The lowest BCUT2D eigenvalue weighted by molar-refractivity contribution is -0.140. The summed E-state index contributed by atoms with van der Waals surface area (Å²) in [6.45, 7) is 0. The normalized spacial score (nSPS) is 17.9. The molecule has 1 aliphatic rings. The Morgan fingerprint density at radius 2 is 1.95 bits per heavy atom. The first-order chi connectivity index (χ1) is 10.1. The molecule has 0 saturated carbocycles. The van der Waals surface area contributed by atoms with Crippen LogP contribution in [-0.2, 0) is 4.79 Å². The Kier molecular flexibility index (Phi) is 3.70. The van der Waals surface area contributed by atoms with E-state index in [1.165, 1.54) is 16.7 Å². The summed E-state index contributed by atoms with van der Waals surface area (Å²) >= 11 is 1.44. The van der Waals surface area contributed by atoms with Gasteiger partial charge in [-0.3, -0.25) is 0 Å². The molecule has 1 saturated heterocycles. The number of urea groups is 1. The van der Waals surface area contributed by atoms with E-state index in [2.05, 4.69) is 5.32 Å². The summed E-state index contributed by atoms with van der Waals surface area (Å²) in [5.74, 6) is -0.134. The van der Waals surface area contributed by atoms with Crippen molar-refractivity contribution >= 4 is 40.2 Å². The first-order valence-corrected chi connectivity index (χ1v) is 7.67. The van der Waals surface area contributed by atoms with Gasteiger partial charge in [-0.2, -0.15) is 0 Å². The molecule has 2 aromatic carbocycles. The molecule has 0 aliphatic carbocycles. The molecule has 2 N–H and O–H groups in total. The SMILES string of the molecule is O=C(O)[C@@H]1CSCN1C(=O)Nc1ccc2ccccc2c1. The summed E-state index contributed by atoms with van der Waals surface area (Å²) in [7, 11) is 0. The van der Waals surface area contributed by atoms with E-state index in [0.717, 1.165) is 10.8 Å². The van der Waals surface area contributed by atoms with Gasteiger partial charge in [-0.05, 0) is 22.9 Å². The maximum absolute atomic E-state index is 12.2. The van der Waals surface area contributed by atoms with E-state index in [4.69, 9.17) is 5.11 Å². The van der Waals surface area contributed by atoms with Crippen molar-refractivity contribution in [2.24, 2.45) is 0 Å². The van der Waals surface area contributed by atoms with Gasteiger partial charge < -0.3 is 15.3 Å². The number of carboxylic acids is 1. The molecule has 21 heavy (non-hydrogen) atoms. The fourth-order valence-electron chi connectivity index (χ4n) is 2.31. The summed E-state index contributed by atoms with van der Waals surface area (Å²) in [5, 5.41) is 14.0. The van der Waals surface area contributed by atoms with Crippen molar-refractivity contribution in [3.05, 3.63) is 42.5 Å². The highest BCUT2D eigenvalue weighted by atomic mass is 32.2. The van der Waals surface area contributed by atoms with E-state index in [-0.39, 0.29) is 6.03 Å². The van der Waals surface area contributed by atoms with Gasteiger partial charge in [-0.1, -0.05) is 30.3 Å². The minimum atomic E-state index is -0.964. The second kappa shape index (κ2) is 5.65. The van der Waals surface area contributed by atoms with Crippen molar-refractivity contribution in [1.29, 1.82) is 0 Å². The van der Waals surface area contributed by atoms with Crippen LogP contribution >= 0.6 is 11.8 Å². The van der Waals surface area contributed by atoms with Gasteiger partial charge in [0.1, 0.15) is 6.04 Å². The van der Waals surface area contributed by atoms with Crippen LogP contribution < -0.4 is 5.32 Å². The van der Waals surface area contributed by atoms with Crippen LogP contribution in [-0.4, -0.2) is 39.7 Å². The fourth-order valence-corrected chi connectivity index (χ4v) is 3.45. The van der Waals surface area contributed by atoms with Crippen LogP contribution in [0.25, 0.3) is 10.8 Å². The first kappa shape index (κ1) is 13.8. The lowest BCUT2D eigenvalue weighted by Crippen LogP contribution is -2.43. The molecule has 0 spiro atoms. The number of aliphatic carboxylic acids is 1. The number of hydrogen-bond donors (Lipinski definition) is 2. The van der Waals surface area contributed by atoms with Crippen molar-refractivity contribution in [3.8, 4) is 0 Å². The summed E-state index contributed by atoms with van der Waals surface area (Å²) in [4.78, 5) is 24.7. The molecule has 108 valence electrons. The van der Waals surface area contributed by atoms with E-state index in [0.29, 0.717) is 17.3 Å². The highest BCUT2D eigenvalue weighted by Crippen LogP contribution is 2.23. The Bertz CT molecular complexity index is 704. The average molecular weight is 302 g/mol. The molecule has 0 radical (unpaired) electrons. The number of hydrogen-bond acceptors (Lipinski definition) is 3. The molecule has 2 aromatic rings. The third-order valence-corrected chi connectivity index (χ3v) is 4.44. The van der Waals surface area contributed by atoms with Gasteiger partial charge in [0.25, 0.3) is 0 Å². The summed E-state index contributed by atoms with van der Waals surface area (Å²) < 4.78 is 0. The van der Waals surface area contributed by atoms with Crippen molar-refractivity contribution in [3.63, 3.8) is 0 Å². The third-order valence-electron chi connectivity index (χ3n) is 3.43. The number of amides is 2. The predicted octanol–water partition coefficient (Wildman–Crippen LogP) is 2.83. The molecule has 1 heterocycles. The van der Waals surface area contributed by atoms with Gasteiger partial charge in [-0.15, -0.1) is 11.8 Å². The number of benzene rings is 2. The molecule has 0 aromatic heterocycles. The Morgan fingerprint density at radius 1 is 1.19 bits per heavy atom. The van der Waals surface area contributed by atoms with Crippen molar-refractivity contribution in [2.45, 2.75) is 6.04 Å². The van der Waals surface area contributed by atoms with Crippen molar-refractivity contribution in [2.75, 3.05) is 16.9 Å². The zero-order valence-electron chi connectivity index (χ0n) is 11.2. The van der Waals surface area contributed by atoms with E-state index in [1.54, 1.807) is 0 Å². The minimum Gasteiger partial charge on any atom is -0.480 e. The van der Waals surface area contributed by atoms with Crippen molar-refractivity contribution in [1.82, 2.24) is 4.90 Å². The van der Waals surface area contributed by atoms with E-state index < -0.39 is 12.0 Å². The maximum Gasteiger partial charge on any atom is 0.327 e. The predicted molar refractivity (Wildman–Crippen MR) is 83.6 cm³/mol. The van der Waals surface area contributed by atoms with Crippen LogP contribution in [0.1, 0.15) is 0 Å². The summed E-state index contributed by atoms with van der Waals surface area (Å²) in [5.41, 5.74) is 0.666. The molecule has 6 heteroatoms. The zero-order valence-corrected chi connectivity index (χ0v) is 12.0. The number of rotatable bonds is 2. The van der Waals surface area contributed by atoms with Crippen LogP contribution in [0.15, 0.2) is 42.5 Å². The Hall–Kier alpha value is -2.21. The van der Waals surface area contributed by atoms with Crippen LogP contribution in [0, 0.1) is 0 Å². The van der Waals surface area contributed by atoms with Gasteiger partial charge in [-0.25, -0.2) is 9.59 Å². The van der Waals surface area contributed by atoms with Gasteiger partial charge in [0, 0.05) is 11.4 Å². The Balaban J connectivity index is 1.78. The number of carbonyl (C=O) groups is 2. The van der Waals surface area contributed by atoms with E-state index in [1.807, 2.05) is 42.5 Å². The van der Waals surface area contributed by atoms with Crippen LogP contribution in [0.5, 0.6) is 0 Å². The molecule has 0 bridgehead atoms. The molecule has 2 amide bonds. The maximum atomic E-state index is 12.2. The molecular weight excluding hydrogens is 288 g/mol. The second-order valence-electron chi connectivity index (χ2n) is 4.82. The second-order valence-corrected chi connectivity index (χ2v) is 5.82.